The van der Waals surface area contributed by atoms with E-state index in [0.29, 0.717) is 12.8 Å². The van der Waals surface area contributed by atoms with Crippen molar-refractivity contribution in [3.05, 3.63) is 34.4 Å². The van der Waals surface area contributed by atoms with E-state index in [1.54, 1.807) is 0 Å². The number of amides is 4. The van der Waals surface area contributed by atoms with Crippen molar-refractivity contribution in [2.45, 2.75) is 37.6 Å². The molecule has 0 radical (unpaired) electrons. The Hall–Kier alpha value is -2.97. The minimum absolute atomic E-state index is 0.155. The molecule has 1 saturated carbocycles. The summed E-state index contributed by atoms with van der Waals surface area (Å²) >= 11 is 0. The molecule has 1 spiro atoms. The molecule has 1 aromatic rings. The van der Waals surface area contributed by atoms with E-state index in [9.17, 15) is 24.5 Å². The molecule has 25 heavy (non-hydrogen) atoms. The number of imide groups is 1. The van der Waals surface area contributed by atoms with Crippen molar-refractivity contribution in [1.29, 1.82) is 0 Å². The number of non-ortho nitro benzene ring substituents is 1. The van der Waals surface area contributed by atoms with Gasteiger partial charge in [-0.15, -0.1) is 0 Å². The van der Waals surface area contributed by atoms with E-state index in [4.69, 9.17) is 0 Å². The Labute approximate surface area is 143 Å². The number of benzene rings is 1. The predicted octanol–water partition coefficient (Wildman–Crippen LogP) is 1.79. The van der Waals surface area contributed by atoms with Crippen LogP contribution in [0.3, 0.4) is 0 Å². The van der Waals surface area contributed by atoms with Gasteiger partial charge in [-0.3, -0.25) is 25.0 Å². The van der Waals surface area contributed by atoms with Gasteiger partial charge in [-0.05, 0) is 18.9 Å². The summed E-state index contributed by atoms with van der Waals surface area (Å²) < 4.78 is 0. The maximum atomic E-state index is 12.7. The lowest BCUT2D eigenvalue weighted by atomic mass is 9.78. The lowest BCUT2D eigenvalue weighted by Gasteiger charge is -2.46. The number of nitrogens with zero attached hydrogens (tertiary/aromatic N) is 2. The average molecular weight is 346 g/mol. The molecule has 0 unspecified atom stereocenters. The molecule has 9 nitrogen and oxygen atoms in total. The van der Waals surface area contributed by atoms with Crippen molar-refractivity contribution in [1.82, 2.24) is 10.2 Å². The van der Waals surface area contributed by atoms with Gasteiger partial charge in [-0.25, -0.2) is 4.79 Å². The second-order valence-electron chi connectivity index (χ2n) is 6.29. The summed E-state index contributed by atoms with van der Waals surface area (Å²) in [5, 5.41) is 15.7. The maximum absolute atomic E-state index is 12.7. The zero-order valence-electron chi connectivity index (χ0n) is 13.5. The van der Waals surface area contributed by atoms with Crippen LogP contribution in [0.15, 0.2) is 24.3 Å². The van der Waals surface area contributed by atoms with Gasteiger partial charge in [-0.1, -0.05) is 25.3 Å². The van der Waals surface area contributed by atoms with Crippen LogP contribution in [0.5, 0.6) is 0 Å². The van der Waals surface area contributed by atoms with Crippen molar-refractivity contribution < 1.29 is 19.3 Å². The van der Waals surface area contributed by atoms with E-state index in [1.807, 2.05) is 0 Å². The van der Waals surface area contributed by atoms with Gasteiger partial charge in [0.25, 0.3) is 11.6 Å². The fourth-order valence-electron chi connectivity index (χ4n) is 3.49. The first-order chi connectivity index (χ1) is 11.9. The first kappa shape index (κ1) is 16.9. The number of nitro groups is 1. The van der Waals surface area contributed by atoms with E-state index in [1.165, 1.54) is 29.2 Å². The van der Waals surface area contributed by atoms with Crippen LogP contribution in [0.25, 0.3) is 0 Å². The highest BCUT2D eigenvalue weighted by atomic mass is 16.6. The van der Waals surface area contributed by atoms with Gasteiger partial charge in [0.15, 0.2) is 0 Å². The molecule has 9 heteroatoms. The van der Waals surface area contributed by atoms with Crippen LogP contribution < -0.4 is 10.6 Å². The molecule has 3 rings (SSSR count). The maximum Gasteiger partial charge on any atom is 0.323 e. The third-order valence-corrected chi connectivity index (χ3v) is 4.73. The third kappa shape index (κ3) is 3.17. The van der Waals surface area contributed by atoms with Crippen LogP contribution in [0.1, 0.15) is 32.1 Å². The van der Waals surface area contributed by atoms with Crippen LogP contribution in [-0.2, 0) is 9.59 Å². The summed E-state index contributed by atoms with van der Waals surface area (Å²) in [6.45, 7) is -0.216. The van der Waals surface area contributed by atoms with Gasteiger partial charge in [0, 0.05) is 17.8 Å². The molecule has 1 heterocycles. The Kier molecular flexibility index (Phi) is 4.39. The minimum Gasteiger partial charge on any atom is -0.308 e. The molecule has 0 aromatic heterocycles. The zero-order valence-corrected chi connectivity index (χ0v) is 13.5. The van der Waals surface area contributed by atoms with Gasteiger partial charge in [0.2, 0.25) is 5.91 Å². The van der Waals surface area contributed by atoms with Gasteiger partial charge < -0.3 is 10.2 Å². The molecule has 0 atom stereocenters. The summed E-state index contributed by atoms with van der Waals surface area (Å²) in [4.78, 5) is 48.5. The van der Waals surface area contributed by atoms with Crippen molar-refractivity contribution >= 4 is 29.2 Å². The molecular weight excluding hydrogens is 328 g/mol. The fraction of sp³-hybridized carbons (Fsp3) is 0.438. The molecule has 1 aromatic carbocycles. The first-order valence-corrected chi connectivity index (χ1v) is 8.10. The van der Waals surface area contributed by atoms with Crippen molar-refractivity contribution in [2.24, 2.45) is 0 Å². The molecule has 1 saturated heterocycles. The van der Waals surface area contributed by atoms with Gasteiger partial charge in [0.1, 0.15) is 12.1 Å². The molecule has 2 N–H and O–H groups in total. The highest BCUT2D eigenvalue weighted by Crippen LogP contribution is 2.36. The standard InChI is InChI=1S/C16H18N4O5/c21-13-10-19(16(14(22)18-13)7-2-1-3-8-16)15(23)17-11-5-4-6-12(9-11)20(24)25/h4-6,9H,1-3,7-8,10H2,(H,17,23)(H,18,21,22). The van der Waals surface area contributed by atoms with Gasteiger partial charge in [-0.2, -0.15) is 0 Å². The molecule has 0 bridgehead atoms. The van der Waals surface area contributed by atoms with Crippen LogP contribution in [0.4, 0.5) is 16.2 Å². The number of urea groups is 1. The summed E-state index contributed by atoms with van der Waals surface area (Å²) in [6, 6.07) is 4.92. The highest BCUT2D eigenvalue weighted by molar-refractivity contribution is 6.08. The third-order valence-electron chi connectivity index (χ3n) is 4.73. The SMILES string of the molecule is O=C1CN(C(=O)Nc2cccc([N+](=O)[O-])c2)C2(CCCCC2)C(=O)N1. The Bertz CT molecular complexity index is 742. The number of piperazine rings is 1. The molecule has 2 fully saturated rings. The van der Waals surface area contributed by atoms with E-state index in [-0.39, 0.29) is 17.9 Å². The van der Waals surface area contributed by atoms with Crippen LogP contribution in [0, 0.1) is 10.1 Å². The monoisotopic (exact) mass is 346 g/mol. The Morgan fingerprint density at radius 1 is 1.24 bits per heavy atom. The topological polar surface area (TPSA) is 122 Å². The number of hydrogen-bond donors (Lipinski definition) is 2. The van der Waals surface area contributed by atoms with E-state index < -0.39 is 28.3 Å². The highest BCUT2D eigenvalue weighted by Gasteiger charge is 2.51. The fourth-order valence-corrected chi connectivity index (χ4v) is 3.49. The number of nitro benzene ring substituents is 1. The van der Waals surface area contributed by atoms with E-state index in [2.05, 4.69) is 10.6 Å². The molecular formula is C16H18N4O5. The largest absolute Gasteiger partial charge is 0.323 e. The van der Waals surface area contributed by atoms with Gasteiger partial charge in [0.05, 0.1) is 4.92 Å². The number of nitrogens with one attached hydrogen (secondary N) is 2. The first-order valence-electron chi connectivity index (χ1n) is 8.10. The Morgan fingerprint density at radius 2 is 1.96 bits per heavy atom. The number of anilines is 1. The van der Waals surface area contributed by atoms with Gasteiger partial charge >= 0.3 is 6.03 Å². The zero-order chi connectivity index (χ0) is 18.0. The molecule has 1 aliphatic heterocycles. The van der Waals surface area contributed by atoms with Crippen LogP contribution >= 0.6 is 0 Å². The van der Waals surface area contributed by atoms with Crippen molar-refractivity contribution in [3.63, 3.8) is 0 Å². The summed E-state index contributed by atoms with van der Waals surface area (Å²) in [6.07, 6.45) is 3.55. The average Bonchev–Trinajstić information content (AvgIpc) is 2.59. The smallest absolute Gasteiger partial charge is 0.308 e. The second-order valence-corrected chi connectivity index (χ2v) is 6.29. The van der Waals surface area contributed by atoms with Crippen molar-refractivity contribution in [2.75, 3.05) is 11.9 Å². The lowest BCUT2D eigenvalue weighted by Crippen LogP contribution is -2.69. The lowest BCUT2D eigenvalue weighted by molar-refractivity contribution is -0.384. The predicted molar refractivity (Wildman–Crippen MR) is 87.8 cm³/mol. The van der Waals surface area contributed by atoms with Crippen LogP contribution in [-0.4, -0.2) is 39.8 Å². The minimum atomic E-state index is -1.03. The number of carbonyl (C=O) groups is 3. The number of carbonyl (C=O) groups excluding carboxylic acids is 3. The summed E-state index contributed by atoms with van der Waals surface area (Å²) in [7, 11) is 0. The molecule has 1 aliphatic carbocycles. The Balaban J connectivity index is 1.85. The molecule has 2 aliphatic rings. The van der Waals surface area contributed by atoms with E-state index >= 15 is 0 Å². The quantitative estimate of drug-likeness (QED) is 0.480. The number of rotatable bonds is 2. The molecule has 4 amide bonds. The van der Waals surface area contributed by atoms with Crippen LogP contribution in [0.2, 0.25) is 0 Å². The normalized spacial score (nSPS) is 19.4. The molecule has 132 valence electrons. The van der Waals surface area contributed by atoms with Crippen molar-refractivity contribution in [3.8, 4) is 0 Å². The Morgan fingerprint density at radius 3 is 2.64 bits per heavy atom. The second kappa shape index (κ2) is 6.50. The number of hydrogen-bond acceptors (Lipinski definition) is 5. The van der Waals surface area contributed by atoms with E-state index in [0.717, 1.165) is 19.3 Å². The summed E-state index contributed by atoms with van der Waals surface area (Å²) in [5.41, 5.74) is -0.946. The summed E-state index contributed by atoms with van der Waals surface area (Å²) in [5.74, 6) is -0.979.